The largest absolute Gasteiger partial charge is 0.379 e. The van der Waals surface area contributed by atoms with Crippen LogP contribution in [0.1, 0.15) is 13.8 Å². The summed E-state index contributed by atoms with van der Waals surface area (Å²) in [5, 5.41) is 5.95. The molecule has 0 aromatic carbocycles. The van der Waals surface area contributed by atoms with Gasteiger partial charge in [0.15, 0.2) is 0 Å². The molecule has 0 aliphatic carbocycles. The third-order valence-corrected chi connectivity index (χ3v) is 4.91. The molecule has 2 aliphatic heterocycles. The van der Waals surface area contributed by atoms with Crippen molar-refractivity contribution in [1.29, 1.82) is 0 Å². The predicted molar refractivity (Wildman–Crippen MR) is 96.4 cm³/mol. The van der Waals surface area contributed by atoms with E-state index in [4.69, 9.17) is 4.74 Å². The van der Waals surface area contributed by atoms with Crippen molar-refractivity contribution in [1.82, 2.24) is 25.3 Å². The van der Waals surface area contributed by atoms with Crippen LogP contribution < -0.4 is 10.6 Å². The summed E-state index contributed by atoms with van der Waals surface area (Å²) in [6.45, 7) is 17.1. The van der Waals surface area contributed by atoms with Crippen LogP contribution in [-0.2, 0) is 4.74 Å². The van der Waals surface area contributed by atoms with Crippen LogP contribution in [0.3, 0.4) is 0 Å². The first-order valence-electron chi connectivity index (χ1n) is 9.44. The molecule has 2 N–H and O–H groups in total. The number of likely N-dealkylation sites (N-methyl/N-ethyl adjacent to an activating group) is 1. The molecule has 2 heterocycles. The molecule has 0 bridgehead atoms. The van der Waals surface area contributed by atoms with Gasteiger partial charge in [0, 0.05) is 65.4 Å². The highest BCUT2D eigenvalue weighted by atomic mass is 16.5. The van der Waals surface area contributed by atoms with Crippen molar-refractivity contribution in [2.24, 2.45) is 5.92 Å². The molecular weight excluding hydrogens is 306 g/mol. The second-order valence-corrected chi connectivity index (χ2v) is 6.93. The van der Waals surface area contributed by atoms with Crippen LogP contribution in [0.25, 0.3) is 0 Å². The van der Waals surface area contributed by atoms with E-state index in [0.717, 1.165) is 65.6 Å². The van der Waals surface area contributed by atoms with Gasteiger partial charge in [-0.05, 0) is 12.5 Å². The maximum absolute atomic E-state index is 11.9. The number of hydrogen-bond acceptors (Lipinski definition) is 5. The first kappa shape index (κ1) is 19.4. The zero-order chi connectivity index (χ0) is 17.2. The average Bonchev–Trinajstić information content (AvgIpc) is 2.61. The van der Waals surface area contributed by atoms with E-state index in [1.807, 2.05) is 0 Å². The number of hydrogen-bond donors (Lipinski definition) is 2. The third-order valence-electron chi connectivity index (χ3n) is 4.91. The van der Waals surface area contributed by atoms with Crippen LogP contribution in [-0.4, -0.2) is 106 Å². The van der Waals surface area contributed by atoms with Crippen molar-refractivity contribution in [2.75, 3.05) is 85.2 Å². The summed E-state index contributed by atoms with van der Waals surface area (Å²) >= 11 is 0. The van der Waals surface area contributed by atoms with Gasteiger partial charge in [-0.1, -0.05) is 13.8 Å². The van der Waals surface area contributed by atoms with E-state index < -0.39 is 0 Å². The molecule has 0 aromatic rings. The average molecular weight is 342 g/mol. The molecular formula is C17H35N5O2. The van der Waals surface area contributed by atoms with Gasteiger partial charge >= 0.3 is 6.03 Å². The topological polar surface area (TPSA) is 60.1 Å². The van der Waals surface area contributed by atoms with Crippen LogP contribution in [0.5, 0.6) is 0 Å². The Morgan fingerprint density at radius 3 is 2.33 bits per heavy atom. The van der Waals surface area contributed by atoms with Crippen molar-refractivity contribution in [3.8, 4) is 0 Å². The number of urea groups is 1. The Morgan fingerprint density at radius 1 is 1.00 bits per heavy atom. The molecule has 24 heavy (non-hydrogen) atoms. The standard InChI is InChI=1S/C17H35N5O2/c1-3-20-6-8-22(9-7-20)15-16(2)14-19-17(23)18-4-5-21-10-12-24-13-11-21/h16H,3-15H2,1-2H3,(H2,18,19,23). The minimum Gasteiger partial charge on any atom is -0.379 e. The van der Waals surface area contributed by atoms with Crippen molar-refractivity contribution in [2.45, 2.75) is 13.8 Å². The summed E-state index contributed by atoms with van der Waals surface area (Å²) in [6, 6.07) is -0.0501. The number of carbonyl (C=O) groups excluding carboxylic acids is 1. The Balaban J connectivity index is 1.49. The molecule has 0 radical (unpaired) electrons. The smallest absolute Gasteiger partial charge is 0.314 e. The Labute approximate surface area is 146 Å². The quantitative estimate of drug-likeness (QED) is 0.645. The number of piperazine rings is 1. The van der Waals surface area contributed by atoms with Crippen molar-refractivity contribution < 1.29 is 9.53 Å². The van der Waals surface area contributed by atoms with Gasteiger partial charge in [0.1, 0.15) is 0 Å². The first-order chi connectivity index (χ1) is 11.7. The lowest BCUT2D eigenvalue weighted by atomic mass is 10.1. The van der Waals surface area contributed by atoms with Gasteiger partial charge in [0.05, 0.1) is 13.2 Å². The van der Waals surface area contributed by atoms with E-state index in [2.05, 4.69) is 39.2 Å². The van der Waals surface area contributed by atoms with Gasteiger partial charge < -0.3 is 25.2 Å². The highest BCUT2D eigenvalue weighted by Gasteiger charge is 2.17. The Morgan fingerprint density at radius 2 is 1.67 bits per heavy atom. The van der Waals surface area contributed by atoms with Crippen molar-refractivity contribution in [3.05, 3.63) is 0 Å². The predicted octanol–water partition coefficient (Wildman–Crippen LogP) is -0.109. The van der Waals surface area contributed by atoms with Crippen LogP contribution in [0.15, 0.2) is 0 Å². The van der Waals surface area contributed by atoms with E-state index in [0.29, 0.717) is 12.5 Å². The summed E-state index contributed by atoms with van der Waals surface area (Å²) in [5.41, 5.74) is 0. The molecule has 1 atom stereocenters. The summed E-state index contributed by atoms with van der Waals surface area (Å²) < 4.78 is 5.32. The second kappa shape index (κ2) is 10.9. The Kier molecular flexibility index (Phi) is 8.80. The summed E-state index contributed by atoms with van der Waals surface area (Å²) in [4.78, 5) is 19.2. The van der Waals surface area contributed by atoms with Gasteiger partial charge in [0.2, 0.25) is 0 Å². The second-order valence-electron chi connectivity index (χ2n) is 6.93. The molecule has 2 amide bonds. The van der Waals surface area contributed by atoms with Crippen LogP contribution in [0.4, 0.5) is 4.79 Å². The fourth-order valence-electron chi connectivity index (χ4n) is 3.28. The minimum atomic E-state index is -0.0501. The fourth-order valence-corrected chi connectivity index (χ4v) is 3.28. The molecule has 0 spiro atoms. The third kappa shape index (κ3) is 7.34. The number of rotatable bonds is 8. The van der Waals surface area contributed by atoms with Gasteiger partial charge in [-0.25, -0.2) is 4.79 Å². The molecule has 0 aromatic heterocycles. The molecule has 0 saturated carbocycles. The molecule has 2 fully saturated rings. The lowest BCUT2D eigenvalue weighted by molar-refractivity contribution is 0.0387. The SMILES string of the molecule is CCN1CCN(CC(C)CNC(=O)NCCN2CCOCC2)CC1. The first-order valence-corrected chi connectivity index (χ1v) is 9.44. The van der Waals surface area contributed by atoms with Crippen LogP contribution in [0.2, 0.25) is 0 Å². The van der Waals surface area contributed by atoms with E-state index in [1.54, 1.807) is 0 Å². The Bertz CT molecular complexity index is 355. The van der Waals surface area contributed by atoms with E-state index in [-0.39, 0.29) is 6.03 Å². The summed E-state index contributed by atoms with van der Waals surface area (Å²) in [6.07, 6.45) is 0. The van der Waals surface area contributed by atoms with Crippen LogP contribution in [0, 0.1) is 5.92 Å². The van der Waals surface area contributed by atoms with Crippen LogP contribution >= 0.6 is 0 Å². The van der Waals surface area contributed by atoms with Gasteiger partial charge in [-0.3, -0.25) is 4.90 Å². The maximum Gasteiger partial charge on any atom is 0.314 e. The Hall–Kier alpha value is -0.890. The van der Waals surface area contributed by atoms with Gasteiger partial charge in [-0.15, -0.1) is 0 Å². The monoisotopic (exact) mass is 341 g/mol. The summed E-state index contributed by atoms with van der Waals surface area (Å²) in [5.74, 6) is 0.475. The highest BCUT2D eigenvalue weighted by Crippen LogP contribution is 2.05. The number of nitrogens with zero attached hydrogens (tertiary/aromatic N) is 3. The molecule has 140 valence electrons. The molecule has 2 saturated heterocycles. The summed E-state index contributed by atoms with van der Waals surface area (Å²) in [7, 11) is 0. The van der Waals surface area contributed by atoms with Gasteiger partial charge in [0.25, 0.3) is 0 Å². The molecule has 7 heteroatoms. The number of morpholine rings is 1. The lowest BCUT2D eigenvalue weighted by Crippen LogP contribution is -2.49. The molecule has 2 rings (SSSR count). The maximum atomic E-state index is 11.9. The lowest BCUT2D eigenvalue weighted by Gasteiger charge is -2.35. The van der Waals surface area contributed by atoms with E-state index in [1.165, 1.54) is 13.1 Å². The number of ether oxygens (including phenoxy) is 1. The zero-order valence-corrected chi connectivity index (χ0v) is 15.4. The highest BCUT2D eigenvalue weighted by molar-refractivity contribution is 5.73. The zero-order valence-electron chi connectivity index (χ0n) is 15.4. The number of carbonyl (C=O) groups is 1. The number of amides is 2. The normalized spacial score (nSPS) is 22.2. The fraction of sp³-hybridized carbons (Fsp3) is 0.941. The molecule has 2 aliphatic rings. The molecule has 7 nitrogen and oxygen atoms in total. The van der Waals surface area contributed by atoms with E-state index >= 15 is 0 Å². The van der Waals surface area contributed by atoms with Gasteiger partial charge in [-0.2, -0.15) is 0 Å². The van der Waals surface area contributed by atoms with Crippen molar-refractivity contribution >= 4 is 6.03 Å². The van der Waals surface area contributed by atoms with Crippen molar-refractivity contribution in [3.63, 3.8) is 0 Å². The number of nitrogens with one attached hydrogen (secondary N) is 2. The van der Waals surface area contributed by atoms with E-state index in [9.17, 15) is 4.79 Å². The molecule has 1 unspecified atom stereocenters. The minimum absolute atomic E-state index is 0.0501.